The monoisotopic (exact) mass is 338 g/mol. The van der Waals surface area contributed by atoms with E-state index in [1.807, 2.05) is 18.3 Å². The molecule has 2 aliphatic rings. The third kappa shape index (κ3) is 2.76. The summed E-state index contributed by atoms with van der Waals surface area (Å²) in [5.74, 6) is 3.75. The maximum Gasteiger partial charge on any atom is 0.240 e. The highest BCUT2D eigenvalue weighted by atomic mass is 16.5. The molecule has 0 N–H and O–H groups in total. The van der Waals surface area contributed by atoms with Crippen molar-refractivity contribution in [3.63, 3.8) is 0 Å². The molecule has 5 rings (SSSR count). The van der Waals surface area contributed by atoms with Crippen molar-refractivity contribution in [3.8, 4) is 5.82 Å². The molecule has 128 valence electrons. The van der Waals surface area contributed by atoms with Crippen molar-refractivity contribution in [1.29, 1.82) is 0 Å². The first-order valence-corrected chi connectivity index (χ1v) is 8.40. The Hall–Kier alpha value is -2.81. The Balaban J connectivity index is 1.26. The lowest BCUT2D eigenvalue weighted by molar-refractivity contribution is 0.255. The van der Waals surface area contributed by atoms with E-state index in [1.165, 1.54) is 6.33 Å². The van der Waals surface area contributed by atoms with E-state index >= 15 is 0 Å². The number of fused-ring (bicyclic) bond motifs is 1. The molecule has 2 fully saturated rings. The Labute approximate surface area is 144 Å². The van der Waals surface area contributed by atoms with Crippen LogP contribution in [0.2, 0.25) is 0 Å². The number of aromatic nitrogens is 6. The normalized spacial score (nSPS) is 23.3. The fraction of sp³-hybridized carbons (Fsp3) is 0.438. The van der Waals surface area contributed by atoms with Crippen molar-refractivity contribution >= 4 is 5.82 Å². The van der Waals surface area contributed by atoms with Gasteiger partial charge in [-0.05, 0) is 17.9 Å². The number of nitrogens with zero attached hydrogens (tertiary/aromatic N) is 8. The Morgan fingerprint density at radius 2 is 1.84 bits per heavy atom. The Morgan fingerprint density at radius 1 is 1.00 bits per heavy atom. The van der Waals surface area contributed by atoms with Gasteiger partial charge >= 0.3 is 0 Å². The average Bonchev–Trinajstić information content (AvgIpc) is 3.40. The molecular weight excluding hydrogens is 320 g/mol. The average molecular weight is 338 g/mol. The van der Waals surface area contributed by atoms with E-state index in [1.54, 1.807) is 17.2 Å². The summed E-state index contributed by atoms with van der Waals surface area (Å²) < 4.78 is 6.88. The van der Waals surface area contributed by atoms with Gasteiger partial charge < -0.3 is 9.42 Å². The van der Waals surface area contributed by atoms with Gasteiger partial charge in [0.1, 0.15) is 12.1 Å². The third-order valence-electron chi connectivity index (χ3n) is 5.03. The second-order valence-electron chi connectivity index (χ2n) is 6.64. The van der Waals surface area contributed by atoms with Crippen LogP contribution in [-0.2, 0) is 6.54 Å². The van der Waals surface area contributed by atoms with Crippen LogP contribution < -0.4 is 4.90 Å². The lowest BCUT2D eigenvalue weighted by Gasteiger charge is -2.21. The van der Waals surface area contributed by atoms with Gasteiger partial charge in [-0.1, -0.05) is 5.16 Å². The quantitative estimate of drug-likeness (QED) is 0.684. The van der Waals surface area contributed by atoms with Gasteiger partial charge in [0.2, 0.25) is 5.89 Å². The summed E-state index contributed by atoms with van der Waals surface area (Å²) in [7, 11) is 0. The van der Waals surface area contributed by atoms with Gasteiger partial charge in [0, 0.05) is 44.6 Å². The molecule has 2 aliphatic heterocycles. The molecule has 0 saturated carbocycles. The summed E-state index contributed by atoms with van der Waals surface area (Å²) in [6, 6.07) is 3.89. The molecule has 0 aliphatic carbocycles. The maximum atomic E-state index is 5.12. The molecule has 0 aromatic carbocycles. The number of hydrogen-bond donors (Lipinski definition) is 0. The Morgan fingerprint density at radius 3 is 2.56 bits per heavy atom. The van der Waals surface area contributed by atoms with Crippen LogP contribution in [0.15, 0.2) is 41.7 Å². The van der Waals surface area contributed by atoms with Crippen molar-refractivity contribution in [1.82, 2.24) is 34.8 Å². The lowest BCUT2D eigenvalue weighted by atomic mass is 10.0. The zero-order chi connectivity index (χ0) is 16.6. The van der Waals surface area contributed by atoms with Crippen LogP contribution in [0.1, 0.15) is 5.89 Å². The highest BCUT2D eigenvalue weighted by Gasteiger charge is 2.40. The van der Waals surface area contributed by atoms with Crippen LogP contribution >= 0.6 is 0 Å². The first-order valence-electron chi connectivity index (χ1n) is 8.40. The molecule has 0 bridgehead atoms. The van der Waals surface area contributed by atoms with E-state index in [-0.39, 0.29) is 0 Å². The van der Waals surface area contributed by atoms with Crippen molar-refractivity contribution < 1.29 is 4.52 Å². The summed E-state index contributed by atoms with van der Waals surface area (Å²) in [5.41, 5.74) is 0. The second-order valence-corrected chi connectivity index (χ2v) is 6.64. The van der Waals surface area contributed by atoms with Crippen molar-refractivity contribution in [2.24, 2.45) is 11.8 Å². The van der Waals surface area contributed by atoms with Gasteiger partial charge in [0.25, 0.3) is 0 Å². The predicted molar refractivity (Wildman–Crippen MR) is 87.9 cm³/mol. The van der Waals surface area contributed by atoms with E-state index in [4.69, 9.17) is 4.52 Å². The van der Waals surface area contributed by atoms with E-state index in [9.17, 15) is 0 Å². The van der Waals surface area contributed by atoms with Crippen molar-refractivity contribution in [2.45, 2.75) is 6.54 Å². The minimum atomic E-state index is 0.644. The fourth-order valence-corrected chi connectivity index (χ4v) is 3.90. The van der Waals surface area contributed by atoms with Gasteiger partial charge in [0.05, 0.1) is 6.54 Å². The summed E-state index contributed by atoms with van der Waals surface area (Å²) >= 11 is 0. The van der Waals surface area contributed by atoms with E-state index < -0.39 is 0 Å². The SMILES string of the molecule is c1cnn(-c2cc(N3CC4CN(Cc5ncno5)CC4C3)ncn2)c1. The molecular formula is C16H18N8O. The summed E-state index contributed by atoms with van der Waals surface area (Å²) in [6.07, 6.45) is 6.71. The molecule has 2 atom stereocenters. The summed E-state index contributed by atoms with van der Waals surface area (Å²) in [4.78, 5) is 17.6. The van der Waals surface area contributed by atoms with Gasteiger partial charge in [-0.25, -0.2) is 14.6 Å². The predicted octanol–water partition coefficient (Wildman–Crippen LogP) is 0.613. The van der Waals surface area contributed by atoms with E-state index in [2.05, 4.69) is 35.0 Å². The van der Waals surface area contributed by atoms with Gasteiger partial charge in [-0.15, -0.1) is 0 Å². The van der Waals surface area contributed by atoms with E-state index in [0.29, 0.717) is 17.7 Å². The number of likely N-dealkylation sites (tertiary alicyclic amines) is 1. The minimum absolute atomic E-state index is 0.644. The van der Waals surface area contributed by atoms with Crippen LogP contribution in [0.25, 0.3) is 5.82 Å². The molecule has 0 amide bonds. The first-order chi connectivity index (χ1) is 12.3. The molecule has 0 spiro atoms. The lowest BCUT2D eigenvalue weighted by Crippen LogP contribution is -2.29. The summed E-state index contributed by atoms with van der Waals surface area (Å²) in [5, 5.41) is 7.91. The molecule has 9 nitrogen and oxygen atoms in total. The molecule has 0 radical (unpaired) electrons. The minimum Gasteiger partial charge on any atom is -0.356 e. The highest BCUT2D eigenvalue weighted by Crippen LogP contribution is 2.33. The number of rotatable bonds is 4. The van der Waals surface area contributed by atoms with E-state index in [0.717, 1.165) is 44.4 Å². The standard InChI is InChI=1S/C16H18N8O/c1-2-20-24(3-1)15-4-14(17-10-18-15)23-7-12-5-22(6-13(12)8-23)9-16-19-11-21-25-16/h1-4,10-13H,5-9H2. The van der Waals surface area contributed by atoms with Crippen LogP contribution in [0, 0.1) is 11.8 Å². The fourth-order valence-electron chi connectivity index (χ4n) is 3.90. The molecule has 9 heteroatoms. The van der Waals surface area contributed by atoms with Crippen molar-refractivity contribution in [3.05, 3.63) is 43.1 Å². The van der Waals surface area contributed by atoms with Crippen molar-refractivity contribution in [2.75, 3.05) is 31.1 Å². The first kappa shape index (κ1) is 14.5. The molecule has 3 aromatic heterocycles. The second kappa shape index (κ2) is 5.92. The molecule has 5 heterocycles. The van der Waals surface area contributed by atoms with Gasteiger partial charge in [-0.2, -0.15) is 10.1 Å². The molecule has 2 saturated heterocycles. The maximum absolute atomic E-state index is 5.12. The molecule has 3 aromatic rings. The Bertz CT molecular complexity index is 820. The van der Waals surface area contributed by atoms with Gasteiger partial charge in [0.15, 0.2) is 12.1 Å². The highest BCUT2D eigenvalue weighted by molar-refractivity contribution is 5.44. The van der Waals surface area contributed by atoms with Crippen LogP contribution in [0.4, 0.5) is 5.82 Å². The Kier molecular flexibility index (Phi) is 3.44. The number of hydrogen-bond acceptors (Lipinski definition) is 8. The zero-order valence-corrected chi connectivity index (χ0v) is 13.6. The topological polar surface area (TPSA) is 89.0 Å². The summed E-state index contributed by atoms with van der Waals surface area (Å²) in [6.45, 7) is 4.88. The molecule has 25 heavy (non-hydrogen) atoms. The largest absolute Gasteiger partial charge is 0.356 e. The van der Waals surface area contributed by atoms with Crippen LogP contribution in [-0.4, -0.2) is 61.0 Å². The zero-order valence-electron chi connectivity index (χ0n) is 13.6. The van der Waals surface area contributed by atoms with Gasteiger partial charge in [-0.3, -0.25) is 4.90 Å². The van der Waals surface area contributed by atoms with Crippen LogP contribution in [0.5, 0.6) is 0 Å². The third-order valence-corrected chi connectivity index (χ3v) is 5.03. The number of anilines is 1. The molecule has 2 unspecified atom stereocenters. The van der Waals surface area contributed by atoms with Crippen LogP contribution in [0.3, 0.4) is 0 Å². The smallest absolute Gasteiger partial charge is 0.240 e.